The summed E-state index contributed by atoms with van der Waals surface area (Å²) in [5.74, 6) is -0.867. The van der Waals surface area contributed by atoms with Crippen LogP contribution in [-0.4, -0.2) is 38.4 Å². The summed E-state index contributed by atoms with van der Waals surface area (Å²) in [6.45, 7) is 1.84. The molecule has 0 amide bonds. The van der Waals surface area contributed by atoms with Gasteiger partial charge in [0.25, 0.3) is 0 Å². The second-order valence-corrected chi connectivity index (χ2v) is 3.26. The molecule has 0 saturated carbocycles. The molecule has 0 heterocycles. The molecule has 15 heavy (non-hydrogen) atoms. The Balaban J connectivity index is 0.00000112. The summed E-state index contributed by atoms with van der Waals surface area (Å²) in [4.78, 5) is 10.9. The number of aromatic carboxylic acids is 1. The van der Waals surface area contributed by atoms with E-state index < -0.39 is 5.97 Å². The van der Waals surface area contributed by atoms with E-state index in [2.05, 4.69) is 0 Å². The van der Waals surface area contributed by atoms with Crippen LogP contribution in [0.1, 0.15) is 15.9 Å². The Hall–Kier alpha value is -0.908. The van der Waals surface area contributed by atoms with Gasteiger partial charge < -0.3 is 5.11 Å². The van der Waals surface area contributed by atoms with Crippen molar-refractivity contribution in [2.24, 2.45) is 0 Å². The third-order valence-electron chi connectivity index (χ3n) is 2.43. The van der Waals surface area contributed by atoms with Gasteiger partial charge in [0.2, 0.25) is 0 Å². The largest absolute Gasteiger partial charge is 0.478 e. The standard InChI is InChI=1S/C12H10O2.Tl/c1-8-10-5-3-2-4-9(10)6-7-11(8)12(13)14;/h2-7H,1H3,(H,13,14);. The maximum Gasteiger partial charge on any atom is 0.335 e. The second kappa shape index (κ2) is 4.74. The predicted molar refractivity (Wildman–Crippen MR) is 61.4 cm³/mol. The first-order chi connectivity index (χ1) is 6.70. The summed E-state index contributed by atoms with van der Waals surface area (Å²) in [5.41, 5.74) is 1.21. The molecule has 73 valence electrons. The Morgan fingerprint density at radius 2 is 1.80 bits per heavy atom. The van der Waals surface area contributed by atoms with Crippen molar-refractivity contribution in [2.75, 3.05) is 0 Å². The van der Waals surface area contributed by atoms with Gasteiger partial charge in [-0.3, -0.25) is 0 Å². The van der Waals surface area contributed by atoms with Crippen LogP contribution >= 0.6 is 0 Å². The molecule has 0 aliphatic carbocycles. The van der Waals surface area contributed by atoms with Gasteiger partial charge in [-0.15, -0.1) is 0 Å². The fourth-order valence-corrected chi connectivity index (χ4v) is 1.66. The maximum absolute atomic E-state index is 10.9. The Morgan fingerprint density at radius 1 is 1.13 bits per heavy atom. The van der Waals surface area contributed by atoms with Crippen LogP contribution < -0.4 is 0 Å². The van der Waals surface area contributed by atoms with Crippen molar-refractivity contribution in [3.63, 3.8) is 0 Å². The molecule has 2 aromatic carbocycles. The van der Waals surface area contributed by atoms with Crippen molar-refractivity contribution >= 4 is 44.0 Å². The summed E-state index contributed by atoms with van der Waals surface area (Å²) in [5, 5.41) is 11.0. The van der Waals surface area contributed by atoms with Gasteiger partial charge in [-0.05, 0) is 29.3 Å². The van der Waals surface area contributed by atoms with Gasteiger partial charge in [-0.2, -0.15) is 0 Å². The molecule has 1 radical (unpaired) electrons. The van der Waals surface area contributed by atoms with Gasteiger partial charge in [0.1, 0.15) is 0 Å². The van der Waals surface area contributed by atoms with Crippen LogP contribution in [-0.2, 0) is 0 Å². The fourth-order valence-electron chi connectivity index (χ4n) is 1.66. The van der Waals surface area contributed by atoms with Crippen LogP contribution in [0, 0.1) is 6.92 Å². The zero-order chi connectivity index (χ0) is 10.1. The number of carboxylic acids is 1. The summed E-state index contributed by atoms with van der Waals surface area (Å²) < 4.78 is 0. The summed E-state index contributed by atoms with van der Waals surface area (Å²) >= 11 is 0. The Morgan fingerprint density at radius 3 is 2.47 bits per heavy atom. The number of benzene rings is 2. The average Bonchev–Trinajstić information content (AvgIpc) is 2.18. The van der Waals surface area contributed by atoms with E-state index in [-0.39, 0.29) is 27.3 Å². The van der Waals surface area contributed by atoms with Gasteiger partial charge >= 0.3 is 5.97 Å². The second-order valence-electron chi connectivity index (χ2n) is 3.26. The SMILES string of the molecule is Cc1c(C(=O)O)ccc2ccccc12.[Tl]. The van der Waals surface area contributed by atoms with Gasteiger partial charge in [0.05, 0.1) is 5.56 Å². The number of rotatable bonds is 1. The van der Waals surface area contributed by atoms with Crippen molar-refractivity contribution in [3.8, 4) is 0 Å². The summed E-state index contributed by atoms with van der Waals surface area (Å²) in [6, 6.07) is 11.3. The molecule has 0 aliphatic heterocycles. The van der Waals surface area contributed by atoms with Crippen molar-refractivity contribution < 1.29 is 9.90 Å². The molecule has 0 spiro atoms. The molecule has 0 aromatic heterocycles. The van der Waals surface area contributed by atoms with E-state index in [1.165, 1.54) is 0 Å². The molecule has 0 unspecified atom stereocenters. The first kappa shape index (κ1) is 12.2. The summed E-state index contributed by atoms with van der Waals surface area (Å²) in [7, 11) is 0. The quantitative estimate of drug-likeness (QED) is 0.760. The number of hydrogen-bond donors (Lipinski definition) is 1. The van der Waals surface area contributed by atoms with E-state index in [4.69, 9.17) is 5.11 Å². The van der Waals surface area contributed by atoms with Crippen LogP contribution in [0.5, 0.6) is 0 Å². The van der Waals surface area contributed by atoms with E-state index in [1.54, 1.807) is 6.07 Å². The van der Waals surface area contributed by atoms with Crippen LogP contribution in [0.3, 0.4) is 0 Å². The maximum atomic E-state index is 10.9. The van der Waals surface area contributed by atoms with Gasteiger partial charge in [-0.1, -0.05) is 30.3 Å². The van der Waals surface area contributed by atoms with Crippen molar-refractivity contribution in [1.29, 1.82) is 0 Å². The van der Waals surface area contributed by atoms with E-state index in [0.29, 0.717) is 5.56 Å². The Bertz CT molecular complexity index is 506. The van der Waals surface area contributed by atoms with Crippen LogP contribution in [0.4, 0.5) is 0 Å². The molecule has 2 nitrogen and oxygen atoms in total. The number of carboxylic acid groups (broad SMARTS) is 1. The monoisotopic (exact) mass is 391 g/mol. The van der Waals surface area contributed by atoms with Gasteiger partial charge in [-0.25, -0.2) is 4.79 Å². The molecule has 0 bridgehead atoms. The number of fused-ring (bicyclic) bond motifs is 1. The first-order valence-corrected chi connectivity index (χ1v) is 4.42. The minimum Gasteiger partial charge on any atom is -0.478 e. The molecular formula is C12H10O2Tl. The van der Waals surface area contributed by atoms with E-state index in [1.807, 2.05) is 37.3 Å². The van der Waals surface area contributed by atoms with Crippen molar-refractivity contribution in [1.82, 2.24) is 0 Å². The zero-order valence-electron chi connectivity index (χ0n) is 8.40. The first-order valence-electron chi connectivity index (χ1n) is 4.42. The number of carbonyl (C=O) groups is 1. The zero-order valence-corrected chi connectivity index (χ0v) is 12.9. The molecular weight excluding hydrogens is 381 g/mol. The van der Waals surface area contributed by atoms with Gasteiger partial charge in [0.15, 0.2) is 0 Å². The minimum atomic E-state index is -0.867. The molecule has 0 fully saturated rings. The topological polar surface area (TPSA) is 37.3 Å². The summed E-state index contributed by atoms with van der Waals surface area (Å²) in [6.07, 6.45) is 0. The molecule has 1 N–H and O–H groups in total. The number of hydrogen-bond acceptors (Lipinski definition) is 1. The van der Waals surface area contributed by atoms with Crippen LogP contribution in [0.25, 0.3) is 10.8 Å². The molecule has 2 rings (SSSR count). The Labute approximate surface area is 108 Å². The fraction of sp³-hybridized carbons (Fsp3) is 0.0833. The van der Waals surface area contributed by atoms with Crippen LogP contribution in [0.15, 0.2) is 36.4 Å². The van der Waals surface area contributed by atoms with Crippen LogP contribution in [0.2, 0.25) is 0 Å². The molecule has 0 atom stereocenters. The van der Waals surface area contributed by atoms with E-state index in [0.717, 1.165) is 16.3 Å². The van der Waals surface area contributed by atoms with Crippen molar-refractivity contribution in [2.45, 2.75) is 6.92 Å². The molecule has 2 aromatic rings. The molecule has 0 aliphatic rings. The van der Waals surface area contributed by atoms with E-state index >= 15 is 0 Å². The number of aryl methyl sites for hydroxylation is 1. The molecule has 3 heteroatoms. The molecule has 0 saturated heterocycles. The minimum absolute atomic E-state index is 0. The van der Waals surface area contributed by atoms with Gasteiger partial charge in [0, 0.05) is 27.3 Å². The predicted octanol–water partition coefficient (Wildman–Crippen LogP) is 2.47. The average molecular weight is 391 g/mol. The third-order valence-corrected chi connectivity index (χ3v) is 2.43. The third kappa shape index (κ3) is 2.19. The van der Waals surface area contributed by atoms with Crippen molar-refractivity contribution in [3.05, 3.63) is 47.5 Å². The van der Waals surface area contributed by atoms with E-state index in [9.17, 15) is 4.79 Å². The smallest absolute Gasteiger partial charge is 0.335 e. The normalized spacial score (nSPS) is 9.67. The Kier molecular flexibility index (Phi) is 3.85.